The Balaban J connectivity index is 2.15. The summed E-state index contributed by atoms with van der Waals surface area (Å²) in [7, 11) is 1.70. The van der Waals surface area contributed by atoms with E-state index in [4.69, 9.17) is 21.1 Å². The van der Waals surface area contributed by atoms with E-state index in [2.05, 4.69) is 10.1 Å². The maximum Gasteiger partial charge on any atom is 0.378 e. The van der Waals surface area contributed by atoms with Crippen LogP contribution in [0.15, 0.2) is 24.3 Å². The van der Waals surface area contributed by atoms with Gasteiger partial charge in [-0.1, -0.05) is 17.7 Å². The van der Waals surface area contributed by atoms with Gasteiger partial charge in [0.1, 0.15) is 5.75 Å². The van der Waals surface area contributed by atoms with Gasteiger partial charge in [0.2, 0.25) is 0 Å². The van der Waals surface area contributed by atoms with Gasteiger partial charge in [0.15, 0.2) is 11.9 Å². The van der Waals surface area contributed by atoms with Gasteiger partial charge in [-0.2, -0.15) is 0 Å². The summed E-state index contributed by atoms with van der Waals surface area (Å²) in [5, 5.41) is 4.62. The summed E-state index contributed by atoms with van der Waals surface area (Å²) in [5.74, 6) is 0.624. The number of halogens is 1. The molecule has 0 N–H and O–H groups in total. The highest BCUT2D eigenvalue weighted by atomic mass is 35.5. The number of carbonyl (C=O) groups excluding carboxylic acids is 1. The van der Waals surface area contributed by atoms with Crippen LogP contribution in [0.2, 0.25) is 5.02 Å². The van der Waals surface area contributed by atoms with Crippen molar-refractivity contribution in [2.24, 2.45) is 7.05 Å². The van der Waals surface area contributed by atoms with E-state index >= 15 is 0 Å². The first kappa shape index (κ1) is 15.3. The number of nitrogens with zero attached hydrogens (tertiary/aromatic N) is 3. The van der Waals surface area contributed by atoms with Crippen molar-refractivity contribution in [3.63, 3.8) is 0 Å². The summed E-state index contributed by atoms with van der Waals surface area (Å²) >= 11 is 5.91. The number of hydrogen-bond donors (Lipinski definition) is 0. The van der Waals surface area contributed by atoms with Gasteiger partial charge in [0, 0.05) is 12.1 Å². The van der Waals surface area contributed by atoms with E-state index in [0.29, 0.717) is 16.6 Å². The smallest absolute Gasteiger partial charge is 0.378 e. The Morgan fingerprint density at radius 1 is 1.48 bits per heavy atom. The monoisotopic (exact) mass is 309 g/mol. The van der Waals surface area contributed by atoms with Crippen molar-refractivity contribution in [3.05, 3.63) is 40.9 Å². The zero-order valence-electron chi connectivity index (χ0n) is 12.0. The van der Waals surface area contributed by atoms with E-state index in [-0.39, 0.29) is 18.5 Å². The quantitative estimate of drug-likeness (QED) is 0.795. The molecule has 7 heteroatoms. The van der Waals surface area contributed by atoms with Crippen molar-refractivity contribution < 1.29 is 14.3 Å². The van der Waals surface area contributed by atoms with Crippen LogP contribution in [0.1, 0.15) is 36.4 Å². The third kappa shape index (κ3) is 3.72. The summed E-state index contributed by atoms with van der Waals surface area (Å²) in [6, 6.07) is 7.07. The lowest BCUT2D eigenvalue weighted by Crippen LogP contribution is -2.10. The number of ether oxygens (including phenoxy) is 2. The van der Waals surface area contributed by atoms with Crippen LogP contribution in [-0.2, 0) is 11.8 Å². The molecule has 1 aromatic heterocycles. The van der Waals surface area contributed by atoms with Gasteiger partial charge in [-0.05, 0) is 32.0 Å². The molecule has 0 fully saturated rings. The SMILES string of the molecule is CCOC(=O)c1nc(C(C)Oc2cccc(Cl)c2)n(C)n1. The lowest BCUT2D eigenvalue weighted by atomic mass is 10.3. The molecule has 0 spiro atoms. The highest BCUT2D eigenvalue weighted by Gasteiger charge is 2.20. The van der Waals surface area contributed by atoms with Gasteiger partial charge in [-0.15, -0.1) is 5.10 Å². The minimum atomic E-state index is -0.547. The molecule has 6 nitrogen and oxygen atoms in total. The molecule has 0 bridgehead atoms. The van der Waals surface area contributed by atoms with E-state index in [1.807, 2.05) is 6.92 Å². The average molecular weight is 310 g/mol. The second kappa shape index (κ2) is 6.58. The summed E-state index contributed by atoms with van der Waals surface area (Å²) in [6.07, 6.45) is -0.385. The Labute approximate surface area is 127 Å². The van der Waals surface area contributed by atoms with Gasteiger partial charge in [0.25, 0.3) is 5.82 Å². The average Bonchev–Trinajstić information content (AvgIpc) is 2.81. The zero-order chi connectivity index (χ0) is 15.4. The molecule has 1 aromatic carbocycles. The minimum Gasteiger partial charge on any atom is -0.483 e. The van der Waals surface area contributed by atoms with Gasteiger partial charge in [-0.3, -0.25) is 0 Å². The van der Waals surface area contributed by atoms with Crippen molar-refractivity contribution >= 4 is 17.6 Å². The zero-order valence-corrected chi connectivity index (χ0v) is 12.8. The predicted octanol–water partition coefficient (Wildman–Crippen LogP) is 2.79. The first-order chi connectivity index (χ1) is 10.0. The van der Waals surface area contributed by atoms with Crippen LogP contribution in [0.5, 0.6) is 5.75 Å². The largest absolute Gasteiger partial charge is 0.483 e. The summed E-state index contributed by atoms with van der Waals surface area (Å²) in [5.41, 5.74) is 0. The number of aryl methyl sites for hydroxylation is 1. The number of benzene rings is 1. The van der Waals surface area contributed by atoms with Crippen LogP contribution in [-0.4, -0.2) is 27.3 Å². The molecule has 2 aromatic rings. The number of esters is 1. The molecule has 0 saturated heterocycles. The minimum absolute atomic E-state index is 0.0240. The number of hydrogen-bond acceptors (Lipinski definition) is 5. The molecule has 0 saturated carbocycles. The molecule has 21 heavy (non-hydrogen) atoms. The lowest BCUT2D eigenvalue weighted by molar-refractivity contribution is 0.0511. The molecule has 1 atom stereocenters. The number of rotatable bonds is 5. The first-order valence-electron chi connectivity index (χ1n) is 6.51. The Kier molecular flexibility index (Phi) is 4.80. The lowest BCUT2D eigenvalue weighted by Gasteiger charge is -2.13. The standard InChI is InChI=1S/C14H16ClN3O3/c1-4-20-14(19)12-16-13(18(3)17-12)9(2)21-11-7-5-6-10(15)8-11/h5-9H,4H2,1-3H3. The van der Waals surface area contributed by atoms with Gasteiger partial charge in [0.05, 0.1) is 6.61 Å². The van der Waals surface area contributed by atoms with Crippen LogP contribution < -0.4 is 4.74 Å². The van der Waals surface area contributed by atoms with Crippen molar-refractivity contribution in [3.8, 4) is 5.75 Å². The fourth-order valence-corrected chi connectivity index (χ4v) is 2.01. The van der Waals surface area contributed by atoms with Gasteiger partial charge in [-0.25, -0.2) is 14.5 Å². The molecule has 1 unspecified atom stereocenters. The van der Waals surface area contributed by atoms with Crippen molar-refractivity contribution in [2.45, 2.75) is 20.0 Å². The molecule has 0 radical (unpaired) electrons. The molecule has 0 aliphatic rings. The van der Waals surface area contributed by atoms with Gasteiger partial charge >= 0.3 is 5.97 Å². The molecule has 1 heterocycles. The van der Waals surface area contributed by atoms with E-state index in [9.17, 15) is 4.79 Å². The molecule has 0 aliphatic heterocycles. The highest BCUT2D eigenvalue weighted by Crippen LogP contribution is 2.23. The summed E-state index contributed by atoms with van der Waals surface area (Å²) in [4.78, 5) is 15.8. The normalized spacial score (nSPS) is 12.0. The second-order valence-electron chi connectivity index (χ2n) is 4.36. The van der Waals surface area contributed by atoms with Crippen molar-refractivity contribution in [1.82, 2.24) is 14.8 Å². The van der Waals surface area contributed by atoms with Crippen molar-refractivity contribution in [2.75, 3.05) is 6.61 Å². The Morgan fingerprint density at radius 2 is 2.24 bits per heavy atom. The van der Waals surface area contributed by atoms with Gasteiger partial charge < -0.3 is 9.47 Å². The molecule has 2 rings (SSSR count). The predicted molar refractivity (Wildman–Crippen MR) is 77.5 cm³/mol. The Morgan fingerprint density at radius 3 is 2.90 bits per heavy atom. The van der Waals surface area contributed by atoms with E-state index in [1.165, 1.54) is 4.68 Å². The molecule has 0 aliphatic carbocycles. The fraction of sp³-hybridized carbons (Fsp3) is 0.357. The van der Waals surface area contributed by atoms with Crippen LogP contribution in [0, 0.1) is 0 Å². The Bertz CT molecular complexity index is 642. The first-order valence-corrected chi connectivity index (χ1v) is 6.89. The van der Waals surface area contributed by atoms with E-state index < -0.39 is 5.97 Å². The maximum atomic E-state index is 11.6. The summed E-state index contributed by atoms with van der Waals surface area (Å²) in [6.45, 7) is 3.83. The number of carbonyl (C=O) groups is 1. The molecule has 0 amide bonds. The van der Waals surface area contributed by atoms with E-state index in [0.717, 1.165) is 0 Å². The summed E-state index contributed by atoms with van der Waals surface area (Å²) < 4.78 is 12.1. The number of aromatic nitrogens is 3. The van der Waals surface area contributed by atoms with Crippen LogP contribution >= 0.6 is 11.6 Å². The molecule has 112 valence electrons. The second-order valence-corrected chi connectivity index (χ2v) is 4.79. The Hall–Kier alpha value is -2.08. The third-order valence-electron chi connectivity index (χ3n) is 2.73. The van der Waals surface area contributed by atoms with E-state index in [1.54, 1.807) is 38.2 Å². The topological polar surface area (TPSA) is 66.2 Å². The molecular formula is C14H16ClN3O3. The van der Waals surface area contributed by atoms with Crippen LogP contribution in [0.4, 0.5) is 0 Å². The fourth-order valence-electron chi connectivity index (χ4n) is 1.83. The van der Waals surface area contributed by atoms with Crippen LogP contribution in [0.25, 0.3) is 0 Å². The van der Waals surface area contributed by atoms with Crippen molar-refractivity contribution in [1.29, 1.82) is 0 Å². The molecular weight excluding hydrogens is 294 g/mol. The maximum absolute atomic E-state index is 11.6. The van der Waals surface area contributed by atoms with Crippen LogP contribution in [0.3, 0.4) is 0 Å². The highest BCUT2D eigenvalue weighted by molar-refractivity contribution is 6.30. The third-order valence-corrected chi connectivity index (χ3v) is 2.96.